The van der Waals surface area contributed by atoms with Gasteiger partial charge in [-0.25, -0.2) is 24.7 Å². The van der Waals surface area contributed by atoms with E-state index in [9.17, 15) is 9.59 Å². The Bertz CT molecular complexity index is 2330. The Kier molecular flexibility index (Phi) is 9.04. The molecule has 0 aliphatic rings. The summed E-state index contributed by atoms with van der Waals surface area (Å²) in [5.41, 5.74) is 6.09. The van der Waals surface area contributed by atoms with Crippen LogP contribution >= 0.6 is 0 Å². The average molecular weight is 667 g/mol. The molecule has 0 radical (unpaired) electrons. The van der Waals surface area contributed by atoms with E-state index in [-0.39, 0.29) is 5.82 Å². The van der Waals surface area contributed by atoms with Gasteiger partial charge in [-0.15, -0.1) is 0 Å². The van der Waals surface area contributed by atoms with Gasteiger partial charge in [-0.3, -0.25) is 19.1 Å². The van der Waals surface area contributed by atoms with Crippen LogP contribution < -0.4 is 5.32 Å². The molecule has 11 nitrogen and oxygen atoms in total. The summed E-state index contributed by atoms with van der Waals surface area (Å²) in [6, 6.07) is 14.7. The van der Waals surface area contributed by atoms with E-state index in [1.807, 2.05) is 73.8 Å². The molecule has 1 atom stereocenters. The number of anilines is 1. The van der Waals surface area contributed by atoms with Crippen LogP contribution in [0.5, 0.6) is 0 Å². The number of carbonyl (C=O) groups is 2. The van der Waals surface area contributed by atoms with Gasteiger partial charge in [0.15, 0.2) is 0 Å². The van der Waals surface area contributed by atoms with Crippen LogP contribution in [-0.2, 0) is 9.53 Å². The number of benzene rings is 1. The molecule has 6 aromatic rings. The lowest BCUT2D eigenvalue weighted by molar-refractivity contribution is -0.120. The lowest BCUT2D eigenvalue weighted by Crippen LogP contribution is -2.45. The molecule has 11 heteroatoms. The third kappa shape index (κ3) is 7.15. The molecule has 1 unspecified atom stereocenters. The van der Waals surface area contributed by atoms with Gasteiger partial charge in [-0.2, -0.15) is 0 Å². The molecule has 0 fully saturated rings. The molecule has 0 aliphatic carbocycles. The second kappa shape index (κ2) is 13.4. The summed E-state index contributed by atoms with van der Waals surface area (Å²) in [4.78, 5) is 50.4. The Labute approximate surface area is 290 Å². The number of fused-ring (bicyclic) bond motifs is 2. The molecule has 1 aromatic carbocycles. The number of nitrogens with one attached hydrogen (secondary N) is 1. The number of pyridine rings is 3. The van der Waals surface area contributed by atoms with Crippen molar-refractivity contribution >= 4 is 34.2 Å². The van der Waals surface area contributed by atoms with Gasteiger partial charge in [0, 0.05) is 59.6 Å². The zero-order chi connectivity index (χ0) is 35.7. The molecule has 0 saturated carbocycles. The van der Waals surface area contributed by atoms with E-state index < -0.39 is 23.6 Å². The maximum Gasteiger partial charge on any atom is 0.410 e. The molecule has 1 N–H and O–H groups in total. The molecule has 6 rings (SSSR count). The lowest BCUT2D eigenvalue weighted by Gasteiger charge is -2.28. The number of hydrogen-bond donors (Lipinski definition) is 1. The van der Waals surface area contributed by atoms with E-state index in [0.717, 1.165) is 44.5 Å². The summed E-state index contributed by atoms with van der Waals surface area (Å²) >= 11 is 0. The number of nitrogens with zero attached hydrogens (tertiary/aromatic N) is 7. The van der Waals surface area contributed by atoms with Gasteiger partial charge in [0.05, 0.1) is 5.69 Å². The molecule has 5 aromatic heterocycles. The summed E-state index contributed by atoms with van der Waals surface area (Å²) in [7, 11) is 1.52. The van der Waals surface area contributed by atoms with Gasteiger partial charge in [0.1, 0.15) is 40.3 Å². The van der Waals surface area contributed by atoms with Gasteiger partial charge < -0.3 is 10.1 Å². The lowest BCUT2D eigenvalue weighted by atomic mass is 10.0. The standard InChI is InChI=1S/C39H38N8O3/c1-23-16-18-47-34(19-23)45-35(29-21-41-26(4)42-22-29)36(47)31-12-14-33(44-37(48)25(3)46(8)38(49)50-39(5,6)7)43-32(31)13-10-27-9-11-30-24(2)40-17-15-28(30)20-27/h9,11-12,14-22,25H,1-8H3,(H,43,44,48). The summed E-state index contributed by atoms with van der Waals surface area (Å²) in [6.45, 7) is 12.8. The summed E-state index contributed by atoms with van der Waals surface area (Å²) in [5, 5.41) is 4.94. The fourth-order valence-corrected chi connectivity index (χ4v) is 5.37. The highest BCUT2D eigenvalue weighted by molar-refractivity contribution is 5.96. The molecule has 5 heterocycles. The van der Waals surface area contributed by atoms with Gasteiger partial charge in [-0.05, 0) is 108 Å². The third-order valence-corrected chi connectivity index (χ3v) is 8.17. The second-order valence-electron chi connectivity index (χ2n) is 13.2. The van der Waals surface area contributed by atoms with Crippen molar-refractivity contribution in [3.05, 3.63) is 102 Å². The van der Waals surface area contributed by atoms with Gasteiger partial charge in [-0.1, -0.05) is 12.0 Å². The zero-order valence-corrected chi connectivity index (χ0v) is 29.4. The van der Waals surface area contributed by atoms with E-state index in [1.165, 1.54) is 11.9 Å². The van der Waals surface area contributed by atoms with Crippen LogP contribution in [0, 0.1) is 32.6 Å². The van der Waals surface area contributed by atoms with Crippen molar-refractivity contribution in [2.75, 3.05) is 12.4 Å². The number of amides is 2. The highest BCUT2D eigenvalue weighted by Gasteiger charge is 2.28. The normalized spacial score (nSPS) is 11.9. The van der Waals surface area contributed by atoms with Crippen molar-refractivity contribution in [2.24, 2.45) is 0 Å². The van der Waals surface area contributed by atoms with Crippen molar-refractivity contribution in [3.63, 3.8) is 0 Å². The number of carbonyl (C=O) groups excluding carboxylic acids is 2. The van der Waals surface area contributed by atoms with Gasteiger partial charge in [0.25, 0.3) is 0 Å². The quantitative estimate of drug-likeness (QED) is 0.197. The molecule has 50 heavy (non-hydrogen) atoms. The third-order valence-electron chi connectivity index (χ3n) is 8.17. The topological polar surface area (TPSA) is 128 Å². The molecular weight excluding hydrogens is 628 g/mol. The van der Waals surface area contributed by atoms with Crippen LogP contribution in [0.2, 0.25) is 0 Å². The smallest absolute Gasteiger partial charge is 0.410 e. The van der Waals surface area contributed by atoms with Crippen LogP contribution in [-0.4, -0.2) is 64.9 Å². The number of aryl methyl sites for hydroxylation is 3. The van der Waals surface area contributed by atoms with Crippen LogP contribution in [0.15, 0.2) is 73.3 Å². The maximum absolute atomic E-state index is 13.4. The van der Waals surface area contributed by atoms with Crippen molar-refractivity contribution in [3.8, 4) is 34.4 Å². The predicted octanol–water partition coefficient (Wildman–Crippen LogP) is 6.92. The van der Waals surface area contributed by atoms with E-state index in [4.69, 9.17) is 14.7 Å². The summed E-state index contributed by atoms with van der Waals surface area (Å²) < 4.78 is 7.45. The SMILES string of the molecule is Cc1ccn2c(-c3ccc(NC(=O)C(C)N(C)C(=O)OC(C)(C)C)nc3C#Cc3ccc4c(C)nccc4c3)c(-c3cnc(C)nc3)nc2c1. The van der Waals surface area contributed by atoms with Crippen LogP contribution in [0.1, 0.15) is 56.0 Å². The Balaban J connectivity index is 1.46. The monoisotopic (exact) mass is 666 g/mol. The Morgan fingerprint density at radius 1 is 0.940 bits per heavy atom. The van der Waals surface area contributed by atoms with E-state index in [1.54, 1.807) is 52.4 Å². The maximum atomic E-state index is 13.4. The van der Waals surface area contributed by atoms with Crippen molar-refractivity contribution in [1.29, 1.82) is 0 Å². The van der Waals surface area contributed by atoms with Crippen LogP contribution in [0.3, 0.4) is 0 Å². The van der Waals surface area contributed by atoms with E-state index >= 15 is 0 Å². The Hall–Kier alpha value is -6.15. The predicted molar refractivity (Wildman–Crippen MR) is 193 cm³/mol. The number of aromatic nitrogens is 6. The first-order valence-electron chi connectivity index (χ1n) is 16.2. The fraction of sp³-hybridized carbons (Fsp3) is 0.256. The minimum absolute atomic E-state index is 0.276. The highest BCUT2D eigenvalue weighted by atomic mass is 16.6. The van der Waals surface area contributed by atoms with E-state index in [2.05, 4.69) is 32.1 Å². The molecule has 2 amide bonds. The van der Waals surface area contributed by atoms with E-state index in [0.29, 0.717) is 22.8 Å². The number of likely N-dealkylation sites (N-methyl/N-ethyl adjacent to an activating group) is 1. The first-order valence-corrected chi connectivity index (χ1v) is 16.2. The summed E-state index contributed by atoms with van der Waals surface area (Å²) in [6.07, 6.45) is 6.65. The number of rotatable bonds is 5. The van der Waals surface area contributed by atoms with Gasteiger partial charge >= 0.3 is 6.09 Å². The molecule has 0 saturated heterocycles. The van der Waals surface area contributed by atoms with Crippen LogP contribution in [0.4, 0.5) is 10.6 Å². The minimum Gasteiger partial charge on any atom is -0.444 e. The summed E-state index contributed by atoms with van der Waals surface area (Å²) in [5.74, 6) is 7.07. The molecular formula is C39H38N8O3. The van der Waals surface area contributed by atoms with Gasteiger partial charge in [0.2, 0.25) is 5.91 Å². The number of imidazole rings is 1. The van der Waals surface area contributed by atoms with Crippen molar-refractivity contribution in [2.45, 2.75) is 60.1 Å². The highest BCUT2D eigenvalue weighted by Crippen LogP contribution is 2.35. The Morgan fingerprint density at radius 3 is 2.44 bits per heavy atom. The molecule has 252 valence electrons. The second-order valence-corrected chi connectivity index (χ2v) is 13.2. The first kappa shape index (κ1) is 33.7. The first-order chi connectivity index (χ1) is 23.8. The molecule has 0 aliphatic heterocycles. The van der Waals surface area contributed by atoms with Crippen molar-refractivity contribution in [1.82, 2.24) is 34.2 Å². The molecule has 0 bridgehead atoms. The Morgan fingerprint density at radius 2 is 1.70 bits per heavy atom. The average Bonchev–Trinajstić information content (AvgIpc) is 3.44. The minimum atomic E-state index is -0.841. The van der Waals surface area contributed by atoms with Crippen molar-refractivity contribution < 1.29 is 14.3 Å². The fourth-order valence-electron chi connectivity index (χ4n) is 5.37. The number of ether oxygens (including phenoxy) is 1. The number of hydrogen-bond acceptors (Lipinski definition) is 8. The molecule has 0 spiro atoms. The largest absolute Gasteiger partial charge is 0.444 e. The van der Waals surface area contributed by atoms with Crippen LogP contribution in [0.25, 0.3) is 38.9 Å². The zero-order valence-electron chi connectivity index (χ0n) is 29.4.